The average Bonchev–Trinajstić information content (AvgIpc) is 2.47. The third kappa shape index (κ3) is 2.61. The lowest BCUT2D eigenvalue weighted by molar-refractivity contribution is -0.103. The Balaban J connectivity index is 1.92. The van der Waals surface area contributed by atoms with Crippen LogP contribution in [0.5, 0.6) is 5.75 Å². The third-order valence-electron chi connectivity index (χ3n) is 4.56. The molecule has 3 atom stereocenters. The van der Waals surface area contributed by atoms with Gasteiger partial charge in [-0.3, -0.25) is 0 Å². The van der Waals surface area contributed by atoms with Crippen LogP contribution < -0.4 is 10.1 Å². The predicted molar refractivity (Wildman–Crippen MR) is 83.2 cm³/mol. The molecule has 2 aliphatic rings. The third-order valence-corrected chi connectivity index (χ3v) is 5.06. The summed E-state index contributed by atoms with van der Waals surface area (Å²) in [6, 6.07) is 6.66. The Morgan fingerprint density at radius 2 is 2.25 bits per heavy atom. The summed E-state index contributed by atoms with van der Waals surface area (Å²) in [5, 5.41) is 3.45. The van der Waals surface area contributed by atoms with Crippen LogP contribution in [0, 0.1) is 0 Å². The van der Waals surface area contributed by atoms with E-state index in [0.717, 1.165) is 42.5 Å². The Labute approximate surface area is 129 Å². The first-order valence-corrected chi connectivity index (χ1v) is 8.22. The van der Waals surface area contributed by atoms with Crippen molar-refractivity contribution in [3.63, 3.8) is 0 Å². The van der Waals surface area contributed by atoms with Crippen LogP contribution in [0.1, 0.15) is 44.2 Å². The van der Waals surface area contributed by atoms with Gasteiger partial charge >= 0.3 is 0 Å². The first-order valence-electron chi connectivity index (χ1n) is 7.43. The molecule has 2 heterocycles. The normalized spacial score (nSPS) is 32.8. The standard InChI is InChI=1S/C16H22BrNO2/c1-3-12-9-16(6-7-19-12)10-14(18-2)13-8-11(17)4-5-15(13)20-16/h4-5,8,12,14,18H,3,6-7,9-10H2,1-2H3. The highest BCUT2D eigenvalue weighted by Gasteiger charge is 2.44. The number of fused-ring (bicyclic) bond motifs is 1. The zero-order valence-corrected chi connectivity index (χ0v) is 13.7. The molecule has 1 N–H and O–H groups in total. The minimum Gasteiger partial charge on any atom is -0.487 e. The number of ether oxygens (including phenoxy) is 2. The lowest BCUT2D eigenvalue weighted by Gasteiger charge is -2.46. The van der Waals surface area contributed by atoms with Crippen LogP contribution in [0.25, 0.3) is 0 Å². The molecule has 0 radical (unpaired) electrons. The molecule has 0 saturated carbocycles. The van der Waals surface area contributed by atoms with Gasteiger partial charge in [0.1, 0.15) is 11.4 Å². The largest absolute Gasteiger partial charge is 0.487 e. The summed E-state index contributed by atoms with van der Waals surface area (Å²) in [5.74, 6) is 1.02. The molecule has 0 aliphatic carbocycles. The molecule has 0 aromatic heterocycles. The molecule has 110 valence electrons. The first-order chi connectivity index (χ1) is 9.65. The fraction of sp³-hybridized carbons (Fsp3) is 0.625. The van der Waals surface area contributed by atoms with Crippen LogP contribution >= 0.6 is 15.9 Å². The molecule has 1 aromatic rings. The van der Waals surface area contributed by atoms with Gasteiger partial charge in [-0.25, -0.2) is 0 Å². The maximum atomic E-state index is 6.44. The fourth-order valence-electron chi connectivity index (χ4n) is 3.43. The molecule has 3 unspecified atom stereocenters. The second kappa shape index (κ2) is 5.66. The van der Waals surface area contributed by atoms with Crippen LogP contribution in [0.2, 0.25) is 0 Å². The van der Waals surface area contributed by atoms with Crippen LogP contribution in [0.15, 0.2) is 22.7 Å². The van der Waals surface area contributed by atoms with E-state index in [-0.39, 0.29) is 5.60 Å². The van der Waals surface area contributed by atoms with E-state index < -0.39 is 0 Å². The zero-order chi connectivity index (χ0) is 14.2. The molecule has 1 aromatic carbocycles. The van der Waals surface area contributed by atoms with E-state index in [9.17, 15) is 0 Å². The lowest BCUT2D eigenvalue weighted by atomic mass is 9.79. The molecular weight excluding hydrogens is 318 g/mol. The molecule has 0 amide bonds. The molecule has 2 aliphatic heterocycles. The molecule has 3 nitrogen and oxygen atoms in total. The van der Waals surface area contributed by atoms with Crippen LogP contribution in [-0.2, 0) is 4.74 Å². The van der Waals surface area contributed by atoms with E-state index in [1.165, 1.54) is 5.56 Å². The summed E-state index contributed by atoms with van der Waals surface area (Å²) in [4.78, 5) is 0. The van der Waals surface area contributed by atoms with Gasteiger partial charge in [-0.05, 0) is 31.7 Å². The summed E-state index contributed by atoms with van der Waals surface area (Å²) in [5.41, 5.74) is 1.19. The molecule has 20 heavy (non-hydrogen) atoms. The smallest absolute Gasteiger partial charge is 0.125 e. The second-order valence-electron chi connectivity index (χ2n) is 5.87. The zero-order valence-electron chi connectivity index (χ0n) is 12.1. The number of hydrogen-bond acceptors (Lipinski definition) is 3. The average molecular weight is 340 g/mol. The number of rotatable bonds is 2. The van der Waals surface area contributed by atoms with Crippen LogP contribution in [-0.4, -0.2) is 25.4 Å². The summed E-state index contributed by atoms with van der Waals surface area (Å²) >= 11 is 3.55. The van der Waals surface area contributed by atoms with Gasteiger partial charge in [0.25, 0.3) is 0 Å². The lowest BCUT2D eigenvalue weighted by Crippen LogP contribution is -2.49. The van der Waals surface area contributed by atoms with Gasteiger partial charge in [-0.1, -0.05) is 22.9 Å². The SMILES string of the molecule is CCC1CC2(CCO1)CC(NC)c1cc(Br)ccc1O2. The van der Waals surface area contributed by atoms with Gasteiger partial charge < -0.3 is 14.8 Å². The summed E-state index contributed by atoms with van der Waals surface area (Å²) in [6.45, 7) is 2.99. The fourth-order valence-corrected chi connectivity index (χ4v) is 3.81. The van der Waals surface area contributed by atoms with E-state index >= 15 is 0 Å². The number of benzene rings is 1. The van der Waals surface area contributed by atoms with Gasteiger partial charge in [0.05, 0.1) is 12.7 Å². The Kier molecular flexibility index (Phi) is 4.07. The predicted octanol–water partition coefficient (Wildman–Crippen LogP) is 3.82. The van der Waals surface area contributed by atoms with E-state index in [2.05, 4.69) is 46.4 Å². The van der Waals surface area contributed by atoms with Crippen molar-refractivity contribution in [2.45, 2.75) is 50.4 Å². The van der Waals surface area contributed by atoms with E-state index in [1.807, 2.05) is 7.05 Å². The van der Waals surface area contributed by atoms with Crippen molar-refractivity contribution < 1.29 is 9.47 Å². The van der Waals surface area contributed by atoms with Gasteiger partial charge in [-0.15, -0.1) is 0 Å². The van der Waals surface area contributed by atoms with Gasteiger partial charge in [0, 0.05) is 35.3 Å². The van der Waals surface area contributed by atoms with Gasteiger partial charge in [0.15, 0.2) is 0 Å². The summed E-state index contributed by atoms with van der Waals surface area (Å²) in [6.07, 6.45) is 4.39. The van der Waals surface area contributed by atoms with Gasteiger partial charge in [0.2, 0.25) is 0 Å². The summed E-state index contributed by atoms with van der Waals surface area (Å²) in [7, 11) is 2.03. The highest BCUT2D eigenvalue weighted by Crippen LogP contribution is 2.45. The van der Waals surface area contributed by atoms with Crippen molar-refractivity contribution in [1.82, 2.24) is 5.32 Å². The summed E-state index contributed by atoms with van der Waals surface area (Å²) < 4.78 is 13.4. The monoisotopic (exact) mass is 339 g/mol. The number of hydrogen-bond donors (Lipinski definition) is 1. The topological polar surface area (TPSA) is 30.5 Å². The highest BCUT2D eigenvalue weighted by molar-refractivity contribution is 9.10. The van der Waals surface area contributed by atoms with Crippen LogP contribution in [0.3, 0.4) is 0 Å². The minimum absolute atomic E-state index is 0.0621. The van der Waals surface area contributed by atoms with Gasteiger partial charge in [-0.2, -0.15) is 0 Å². The second-order valence-corrected chi connectivity index (χ2v) is 6.78. The Morgan fingerprint density at radius 1 is 1.40 bits per heavy atom. The number of nitrogens with one attached hydrogen (secondary N) is 1. The van der Waals surface area contributed by atoms with E-state index in [1.54, 1.807) is 0 Å². The Hall–Kier alpha value is -0.580. The van der Waals surface area contributed by atoms with Crippen molar-refractivity contribution >= 4 is 15.9 Å². The maximum absolute atomic E-state index is 6.44. The van der Waals surface area contributed by atoms with Crippen LogP contribution in [0.4, 0.5) is 0 Å². The molecule has 1 spiro atoms. The molecule has 3 rings (SSSR count). The van der Waals surface area contributed by atoms with Crippen molar-refractivity contribution in [3.05, 3.63) is 28.2 Å². The molecule has 0 bridgehead atoms. The molecule has 1 saturated heterocycles. The van der Waals surface area contributed by atoms with Crippen molar-refractivity contribution in [2.24, 2.45) is 0 Å². The van der Waals surface area contributed by atoms with E-state index in [0.29, 0.717) is 12.1 Å². The molecular formula is C16H22BrNO2. The number of halogens is 1. The first kappa shape index (κ1) is 14.4. The van der Waals surface area contributed by atoms with Crippen molar-refractivity contribution in [1.29, 1.82) is 0 Å². The quantitative estimate of drug-likeness (QED) is 0.888. The molecule has 4 heteroatoms. The highest BCUT2D eigenvalue weighted by atomic mass is 79.9. The van der Waals surface area contributed by atoms with Crippen molar-refractivity contribution in [2.75, 3.05) is 13.7 Å². The molecule has 1 fully saturated rings. The van der Waals surface area contributed by atoms with Crippen molar-refractivity contribution in [3.8, 4) is 5.75 Å². The Morgan fingerprint density at radius 3 is 3.00 bits per heavy atom. The minimum atomic E-state index is -0.0621. The maximum Gasteiger partial charge on any atom is 0.125 e. The Bertz CT molecular complexity index is 493. The van der Waals surface area contributed by atoms with E-state index in [4.69, 9.17) is 9.47 Å².